The number of hydrogen-bond donors (Lipinski definition) is 1. The molecule has 8 heteroatoms. The lowest BCUT2D eigenvalue weighted by molar-refractivity contribution is 0.0661. The lowest BCUT2D eigenvalue weighted by atomic mass is 9.97. The van der Waals surface area contributed by atoms with Crippen molar-refractivity contribution in [3.05, 3.63) is 36.2 Å². The third-order valence-electron chi connectivity index (χ3n) is 4.61. The van der Waals surface area contributed by atoms with E-state index in [-0.39, 0.29) is 17.7 Å². The lowest BCUT2D eigenvalue weighted by Crippen LogP contribution is -2.44. The van der Waals surface area contributed by atoms with E-state index in [9.17, 15) is 9.59 Å². The van der Waals surface area contributed by atoms with E-state index in [0.29, 0.717) is 24.3 Å². The predicted molar refractivity (Wildman–Crippen MR) is 92.1 cm³/mol. The summed E-state index contributed by atoms with van der Waals surface area (Å²) in [6.07, 6.45) is 8.50. The molecule has 2 aromatic heterocycles. The van der Waals surface area contributed by atoms with Gasteiger partial charge in [-0.15, -0.1) is 0 Å². The summed E-state index contributed by atoms with van der Waals surface area (Å²) >= 11 is 0. The Labute approximate surface area is 146 Å². The number of rotatable bonds is 5. The monoisotopic (exact) mass is 344 g/mol. The van der Waals surface area contributed by atoms with Crippen molar-refractivity contribution in [2.75, 3.05) is 19.6 Å². The maximum Gasteiger partial charge on any atom is 0.272 e. The molecule has 0 aromatic carbocycles. The minimum Gasteiger partial charge on any atom is -0.352 e. The molecule has 1 atom stereocenters. The van der Waals surface area contributed by atoms with Gasteiger partial charge in [0.1, 0.15) is 5.69 Å². The number of likely N-dealkylation sites (tertiary alicyclic amines) is 1. The largest absolute Gasteiger partial charge is 0.352 e. The first-order chi connectivity index (χ1) is 12.1. The standard InChI is InChI=1S/C17H24N6O2/c1-3-23-11-14(8-20-23)16(24)19-7-13-5-4-6-22(10-13)17(25)15-9-18-12-21(15)2/h8-9,11-13H,3-7,10H2,1-2H3,(H,19,24). The van der Waals surface area contributed by atoms with Gasteiger partial charge in [0, 0.05) is 39.4 Å². The van der Waals surface area contributed by atoms with Gasteiger partial charge >= 0.3 is 0 Å². The van der Waals surface area contributed by atoms with Gasteiger partial charge in [0.15, 0.2) is 0 Å². The minimum absolute atomic E-state index is 0.000230. The van der Waals surface area contributed by atoms with E-state index in [2.05, 4.69) is 15.4 Å². The first kappa shape index (κ1) is 17.2. The van der Waals surface area contributed by atoms with Gasteiger partial charge in [0.25, 0.3) is 11.8 Å². The number of carbonyl (C=O) groups is 2. The van der Waals surface area contributed by atoms with Crippen LogP contribution in [0.3, 0.4) is 0 Å². The summed E-state index contributed by atoms with van der Waals surface area (Å²) in [4.78, 5) is 30.7. The van der Waals surface area contributed by atoms with E-state index in [1.807, 2.05) is 18.9 Å². The smallest absolute Gasteiger partial charge is 0.272 e. The van der Waals surface area contributed by atoms with Gasteiger partial charge < -0.3 is 14.8 Å². The van der Waals surface area contributed by atoms with E-state index in [4.69, 9.17) is 0 Å². The highest BCUT2D eigenvalue weighted by atomic mass is 16.2. The molecule has 134 valence electrons. The molecule has 0 saturated carbocycles. The van der Waals surface area contributed by atoms with Crippen molar-refractivity contribution in [3.8, 4) is 0 Å². The molecule has 1 aliphatic rings. The SMILES string of the molecule is CCn1cc(C(=O)NCC2CCCN(C(=O)c3cncn3C)C2)cn1. The van der Waals surface area contributed by atoms with E-state index in [1.54, 1.807) is 34.2 Å². The first-order valence-electron chi connectivity index (χ1n) is 8.64. The Morgan fingerprint density at radius 1 is 1.36 bits per heavy atom. The molecule has 25 heavy (non-hydrogen) atoms. The molecule has 3 heterocycles. The van der Waals surface area contributed by atoms with Crippen molar-refractivity contribution >= 4 is 11.8 Å². The highest BCUT2D eigenvalue weighted by molar-refractivity contribution is 5.94. The van der Waals surface area contributed by atoms with Gasteiger partial charge in [-0.25, -0.2) is 4.98 Å². The summed E-state index contributed by atoms with van der Waals surface area (Å²) in [6.45, 7) is 4.67. The molecule has 1 unspecified atom stereocenters. The maximum absolute atomic E-state index is 12.6. The van der Waals surface area contributed by atoms with Gasteiger partial charge in [-0.05, 0) is 25.7 Å². The summed E-state index contributed by atoms with van der Waals surface area (Å²) in [5, 5.41) is 7.08. The fourth-order valence-electron chi connectivity index (χ4n) is 3.13. The van der Waals surface area contributed by atoms with Crippen molar-refractivity contribution in [1.82, 2.24) is 29.5 Å². The molecule has 2 amide bonds. The highest BCUT2D eigenvalue weighted by Crippen LogP contribution is 2.18. The Morgan fingerprint density at radius 2 is 2.20 bits per heavy atom. The third kappa shape index (κ3) is 3.89. The van der Waals surface area contributed by atoms with Crippen LogP contribution in [0.4, 0.5) is 0 Å². The molecule has 1 N–H and O–H groups in total. The maximum atomic E-state index is 12.6. The summed E-state index contributed by atoms with van der Waals surface area (Å²) in [6, 6.07) is 0. The molecule has 1 fully saturated rings. The summed E-state index contributed by atoms with van der Waals surface area (Å²) in [5.74, 6) is 0.145. The molecular weight excluding hydrogens is 320 g/mol. The molecule has 0 radical (unpaired) electrons. The van der Waals surface area contributed by atoms with E-state index >= 15 is 0 Å². The molecule has 0 bridgehead atoms. The second kappa shape index (κ2) is 7.50. The van der Waals surface area contributed by atoms with Crippen LogP contribution in [0, 0.1) is 5.92 Å². The molecular formula is C17H24N6O2. The van der Waals surface area contributed by atoms with Crippen molar-refractivity contribution in [3.63, 3.8) is 0 Å². The average molecular weight is 344 g/mol. The van der Waals surface area contributed by atoms with Crippen LogP contribution < -0.4 is 5.32 Å². The highest BCUT2D eigenvalue weighted by Gasteiger charge is 2.26. The zero-order chi connectivity index (χ0) is 17.8. The quantitative estimate of drug-likeness (QED) is 0.874. The van der Waals surface area contributed by atoms with Crippen LogP contribution in [0.5, 0.6) is 0 Å². The second-order valence-corrected chi connectivity index (χ2v) is 6.44. The van der Waals surface area contributed by atoms with Crippen molar-refractivity contribution in [2.24, 2.45) is 13.0 Å². The van der Waals surface area contributed by atoms with E-state index in [1.165, 1.54) is 0 Å². The number of nitrogens with one attached hydrogen (secondary N) is 1. The molecule has 1 saturated heterocycles. The van der Waals surface area contributed by atoms with Gasteiger partial charge in [-0.2, -0.15) is 5.10 Å². The molecule has 3 rings (SSSR count). The van der Waals surface area contributed by atoms with Gasteiger partial charge in [0.05, 0.1) is 24.3 Å². The van der Waals surface area contributed by atoms with Crippen LogP contribution in [0.25, 0.3) is 0 Å². The Morgan fingerprint density at radius 3 is 2.88 bits per heavy atom. The molecule has 0 aliphatic carbocycles. The number of aryl methyl sites for hydroxylation is 2. The summed E-state index contributed by atoms with van der Waals surface area (Å²) < 4.78 is 3.46. The van der Waals surface area contributed by atoms with Crippen molar-refractivity contribution in [1.29, 1.82) is 0 Å². The predicted octanol–water partition coefficient (Wildman–Crippen LogP) is 0.919. The van der Waals surface area contributed by atoms with Gasteiger partial charge in [0.2, 0.25) is 0 Å². The number of imidazole rings is 1. The number of aromatic nitrogens is 4. The molecule has 2 aromatic rings. The molecule has 1 aliphatic heterocycles. The van der Waals surface area contributed by atoms with Crippen LogP contribution in [-0.4, -0.2) is 55.7 Å². The molecule has 0 spiro atoms. The minimum atomic E-state index is -0.116. The van der Waals surface area contributed by atoms with Crippen LogP contribution in [0.2, 0.25) is 0 Å². The van der Waals surface area contributed by atoms with Gasteiger partial charge in [-0.3, -0.25) is 14.3 Å². The van der Waals surface area contributed by atoms with E-state index in [0.717, 1.165) is 25.9 Å². The zero-order valence-corrected chi connectivity index (χ0v) is 14.7. The Balaban J connectivity index is 1.54. The van der Waals surface area contributed by atoms with Crippen LogP contribution in [-0.2, 0) is 13.6 Å². The Kier molecular flexibility index (Phi) is 5.16. The number of amides is 2. The average Bonchev–Trinajstić information content (AvgIpc) is 3.28. The summed E-state index contributed by atoms with van der Waals surface area (Å²) in [7, 11) is 1.82. The first-order valence-corrected chi connectivity index (χ1v) is 8.64. The lowest BCUT2D eigenvalue weighted by Gasteiger charge is -2.32. The third-order valence-corrected chi connectivity index (χ3v) is 4.61. The van der Waals surface area contributed by atoms with Crippen LogP contribution >= 0.6 is 0 Å². The molecule has 8 nitrogen and oxygen atoms in total. The Hall–Kier alpha value is -2.64. The van der Waals surface area contributed by atoms with Crippen LogP contribution in [0.15, 0.2) is 24.9 Å². The second-order valence-electron chi connectivity index (χ2n) is 6.44. The summed E-state index contributed by atoms with van der Waals surface area (Å²) in [5.41, 5.74) is 1.16. The fourth-order valence-corrected chi connectivity index (χ4v) is 3.13. The van der Waals surface area contributed by atoms with Crippen molar-refractivity contribution in [2.45, 2.75) is 26.3 Å². The zero-order valence-electron chi connectivity index (χ0n) is 14.7. The fraction of sp³-hybridized carbons (Fsp3) is 0.529. The van der Waals surface area contributed by atoms with Crippen molar-refractivity contribution < 1.29 is 9.59 Å². The Bertz CT molecular complexity index is 750. The van der Waals surface area contributed by atoms with Crippen LogP contribution in [0.1, 0.15) is 40.6 Å². The number of nitrogens with zero attached hydrogens (tertiary/aromatic N) is 5. The van der Waals surface area contributed by atoms with Gasteiger partial charge in [-0.1, -0.05) is 0 Å². The number of piperidine rings is 1. The number of carbonyl (C=O) groups excluding carboxylic acids is 2. The topological polar surface area (TPSA) is 85.0 Å². The van der Waals surface area contributed by atoms with E-state index < -0.39 is 0 Å². The normalized spacial score (nSPS) is 17.5. The number of hydrogen-bond acceptors (Lipinski definition) is 4.